The third-order valence-electron chi connectivity index (χ3n) is 5.40. The zero-order valence-electron chi connectivity index (χ0n) is 16.4. The van der Waals surface area contributed by atoms with Crippen LogP contribution in [0.15, 0.2) is 30.3 Å². The molecule has 1 aromatic rings. The molecule has 27 heavy (non-hydrogen) atoms. The van der Waals surface area contributed by atoms with Gasteiger partial charge in [0.1, 0.15) is 0 Å². The summed E-state index contributed by atoms with van der Waals surface area (Å²) in [6.45, 7) is 11.2. The monoisotopic (exact) mass is 376 g/mol. The second-order valence-corrected chi connectivity index (χ2v) is 8.00. The third kappa shape index (κ3) is 7.31. The topological polar surface area (TPSA) is 81.1 Å². The molecule has 0 aliphatic carbocycles. The van der Waals surface area contributed by atoms with Gasteiger partial charge in [-0.3, -0.25) is 9.80 Å². The van der Waals surface area contributed by atoms with Gasteiger partial charge < -0.3 is 10.2 Å². The molecule has 2 aliphatic heterocycles. The Labute approximate surface area is 161 Å². The third-order valence-corrected chi connectivity index (χ3v) is 5.40. The Morgan fingerprint density at radius 3 is 1.96 bits per heavy atom. The summed E-state index contributed by atoms with van der Waals surface area (Å²) in [5, 5.41) is 14.8. The zero-order valence-corrected chi connectivity index (χ0v) is 16.4. The van der Waals surface area contributed by atoms with Crippen molar-refractivity contribution in [2.24, 2.45) is 11.8 Å². The molecule has 150 valence electrons. The van der Waals surface area contributed by atoms with Gasteiger partial charge in [0.15, 0.2) is 0 Å². The van der Waals surface area contributed by atoms with Gasteiger partial charge in [-0.15, -0.1) is 0 Å². The highest BCUT2D eigenvalue weighted by molar-refractivity contribution is 6.27. The quantitative estimate of drug-likeness (QED) is 0.790. The number of carboxylic acid groups (broad SMARTS) is 2. The lowest BCUT2D eigenvalue weighted by Crippen LogP contribution is -2.49. The first-order chi connectivity index (χ1) is 12.8. The van der Waals surface area contributed by atoms with Gasteiger partial charge in [-0.05, 0) is 49.8 Å². The summed E-state index contributed by atoms with van der Waals surface area (Å²) in [6.07, 6.45) is 4.13. The summed E-state index contributed by atoms with van der Waals surface area (Å²) in [5.74, 6) is -1.88. The van der Waals surface area contributed by atoms with Gasteiger partial charge in [-0.1, -0.05) is 44.2 Å². The molecule has 2 atom stereocenters. The fraction of sp³-hybridized carbons (Fsp3) is 0.619. The van der Waals surface area contributed by atoms with Crippen molar-refractivity contribution in [2.75, 3.05) is 26.2 Å². The lowest BCUT2D eigenvalue weighted by atomic mass is 9.89. The van der Waals surface area contributed by atoms with E-state index in [0.717, 1.165) is 24.4 Å². The van der Waals surface area contributed by atoms with Gasteiger partial charge in [0, 0.05) is 25.7 Å². The number of rotatable bonds is 3. The van der Waals surface area contributed by atoms with Crippen LogP contribution in [0.3, 0.4) is 0 Å². The minimum Gasteiger partial charge on any atom is -0.473 e. The smallest absolute Gasteiger partial charge is 0.414 e. The van der Waals surface area contributed by atoms with E-state index in [4.69, 9.17) is 19.8 Å². The maximum absolute atomic E-state index is 9.10. The van der Waals surface area contributed by atoms with Gasteiger partial charge >= 0.3 is 11.9 Å². The fourth-order valence-corrected chi connectivity index (χ4v) is 4.29. The van der Waals surface area contributed by atoms with Crippen molar-refractivity contribution in [1.82, 2.24) is 9.80 Å². The number of carboxylic acids is 2. The number of carbonyl (C=O) groups is 2. The second kappa shape index (κ2) is 10.4. The highest BCUT2D eigenvalue weighted by Gasteiger charge is 2.29. The summed E-state index contributed by atoms with van der Waals surface area (Å²) in [5.41, 5.74) is 1.45. The van der Waals surface area contributed by atoms with Crippen LogP contribution in [-0.2, 0) is 16.1 Å². The van der Waals surface area contributed by atoms with Crippen molar-refractivity contribution >= 4 is 11.9 Å². The number of piperidine rings is 2. The van der Waals surface area contributed by atoms with Gasteiger partial charge in [0.25, 0.3) is 0 Å². The van der Waals surface area contributed by atoms with Gasteiger partial charge in [0.05, 0.1) is 0 Å². The van der Waals surface area contributed by atoms with E-state index in [0.29, 0.717) is 0 Å². The van der Waals surface area contributed by atoms with E-state index in [9.17, 15) is 0 Å². The molecule has 1 aromatic carbocycles. The van der Waals surface area contributed by atoms with Gasteiger partial charge in [0.2, 0.25) is 0 Å². The summed E-state index contributed by atoms with van der Waals surface area (Å²) < 4.78 is 0. The normalized spacial score (nSPS) is 24.7. The summed E-state index contributed by atoms with van der Waals surface area (Å²) in [7, 11) is 0. The molecule has 0 saturated carbocycles. The molecule has 6 nitrogen and oxygen atoms in total. The first-order valence-corrected chi connectivity index (χ1v) is 9.81. The highest BCUT2D eigenvalue weighted by Crippen LogP contribution is 2.26. The molecular weight excluding hydrogens is 344 g/mol. The second-order valence-electron chi connectivity index (χ2n) is 8.00. The molecule has 0 radical (unpaired) electrons. The number of nitrogens with zero attached hydrogens (tertiary/aromatic N) is 2. The number of likely N-dealkylation sites (tertiary alicyclic amines) is 2. The Kier molecular flexibility index (Phi) is 8.25. The largest absolute Gasteiger partial charge is 0.473 e. The van der Waals surface area contributed by atoms with Crippen LogP contribution in [0.1, 0.15) is 38.7 Å². The van der Waals surface area contributed by atoms with Crippen LogP contribution in [-0.4, -0.2) is 64.2 Å². The highest BCUT2D eigenvalue weighted by atomic mass is 16.4. The van der Waals surface area contributed by atoms with Crippen molar-refractivity contribution in [3.05, 3.63) is 35.9 Å². The summed E-state index contributed by atoms with van der Waals surface area (Å²) in [4.78, 5) is 23.6. The first-order valence-electron chi connectivity index (χ1n) is 9.81. The Hall–Kier alpha value is -1.92. The number of hydrogen-bond donors (Lipinski definition) is 2. The molecule has 2 fully saturated rings. The molecular formula is C21H32N2O4. The Balaban J connectivity index is 0.000000380. The van der Waals surface area contributed by atoms with E-state index in [1.54, 1.807) is 0 Å². The SMILES string of the molecule is CC1CC(C)CN(C2CCN(Cc3ccccc3)CC2)C1.O=C(O)C(=O)O. The average molecular weight is 376 g/mol. The maximum atomic E-state index is 9.10. The number of aliphatic carboxylic acids is 2. The van der Waals surface area contributed by atoms with Crippen LogP contribution < -0.4 is 0 Å². The molecule has 2 saturated heterocycles. The van der Waals surface area contributed by atoms with E-state index >= 15 is 0 Å². The summed E-state index contributed by atoms with van der Waals surface area (Å²) >= 11 is 0. The van der Waals surface area contributed by atoms with Crippen molar-refractivity contribution < 1.29 is 19.8 Å². The fourth-order valence-electron chi connectivity index (χ4n) is 4.29. The van der Waals surface area contributed by atoms with E-state index < -0.39 is 11.9 Å². The minimum atomic E-state index is -1.82. The van der Waals surface area contributed by atoms with Crippen molar-refractivity contribution in [3.63, 3.8) is 0 Å². The van der Waals surface area contributed by atoms with Gasteiger partial charge in [-0.25, -0.2) is 9.59 Å². The van der Waals surface area contributed by atoms with Crippen molar-refractivity contribution in [2.45, 2.75) is 45.7 Å². The first kappa shape index (κ1) is 21.4. The lowest BCUT2D eigenvalue weighted by molar-refractivity contribution is -0.159. The molecule has 2 N–H and O–H groups in total. The van der Waals surface area contributed by atoms with Crippen LogP contribution in [0.25, 0.3) is 0 Å². The van der Waals surface area contributed by atoms with E-state index in [1.165, 1.54) is 51.0 Å². The predicted molar refractivity (Wildman–Crippen MR) is 105 cm³/mol. The summed E-state index contributed by atoms with van der Waals surface area (Å²) in [6, 6.07) is 11.7. The molecule has 2 aliphatic rings. The van der Waals surface area contributed by atoms with Crippen molar-refractivity contribution in [3.8, 4) is 0 Å². The molecule has 6 heteroatoms. The zero-order chi connectivity index (χ0) is 19.8. The number of hydrogen-bond acceptors (Lipinski definition) is 4. The Bertz CT molecular complexity index is 577. The molecule has 2 heterocycles. The van der Waals surface area contributed by atoms with Crippen molar-refractivity contribution in [1.29, 1.82) is 0 Å². The van der Waals surface area contributed by atoms with Crippen LogP contribution in [0.2, 0.25) is 0 Å². The van der Waals surface area contributed by atoms with E-state index in [-0.39, 0.29) is 0 Å². The predicted octanol–water partition coefficient (Wildman–Crippen LogP) is 2.78. The van der Waals surface area contributed by atoms with Crippen LogP contribution >= 0.6 is 0 Å². The Morgan fingerprint density at radius 2 is 1.48 bits per heavy atom. The lowest BCUT2D eigenvalue weighted by Gasteiger charge is -2.43. The minimum absolute atomic E-state index is 0.835. The van der Waals surface area contributed by atoms with E-state index in [2.05, 4.69) is 54.0 Å². The standard InChI is InChI=1S/C19H30N2.C2H2O4/c1-16-12-17(2)14-21(13-16)19-8-10-20(11-9-19)15-18-6-4-3-5-7-18;3-1(4)2(5)6/h3-7,16-17,19H,8-15H2,1-2H3;(H,3,4)(H,5,6). The molecule has 0 spiro atoms. The Morgan fingerprint density at radius 1 is 0.963 bits per heavy atom. The van der Waals surface area contributed by atoms with Crippen LogP contribution in [0.5, 0.6) is 0 Å². The van der Waals surface area contributed by atoms with Crippen LogP contribution in [0.4, 0.5) is 0 Å². The average Bonchev–Trinajstić information content (AvgIpc) is 2.63. The van der Waals surface area contributed by atoms with Crippen LogP contribution in [0, 0.1) is 11.8 Å². The molecule has 3 rings (SSSR count). The molecule has 2 unspecified atom stereocenters. The number of benzene rings is 1. The van der Waals surface area contributed by atoms with Gasteiger partial charge in [-0.2, -0.15) is 0 Å². The maximum Gasteiger partial charge on any atom is 0.414 e. The molecule has 0 bridgehead atoms. The molecule has 0 aromatic heterocycles. The van der Waals surface area contributed by atoms with E-state index in [1.807, 2.05) is 0 Å². The molecule has 0 amide bonds.